The van der Waals surface area contributed by atoms with Gasteiger partial charge < -0.3 is 9.47 Å². The topological polar surface area (TPSA) is 55.8 Å². The molecule has 5 nitrogen and oxygen atoms in total. The normalized spacial score (nSPS) is 20.8. The highest BCUT2D eigenvalue weighted by atomic mass is 19.3. The highest BCUT2D eigenvalue weighted by molar-refractivity contribution is 5.81. The first-order valence-corrected chi connectivity index (χ1v) is 7.75. The van der Waals surface area contributed by atoms with E-state index in [9.17, 15) is 18.4 Å². The van der Waals surface area contributed by atoms with Gasteiger partial charge in [0.05, 0.1) is 13.2 Å². The van der Waals surface area contributed by atoms with Crippen LogP contribution in [-0.4, -0.2) is 47.7 Å². The molecule has 0 radical (unpaired) electrons. The molecule has 0 unspecified atom stereocenters. The molecule has 132 valence electrons. The molecule has 0 bridgehead atoms. The number of amides is 1. The Morgan fingerprint density at radius 1 is 1.35 bits per heavy atom. The zero-order valence-electron chi connectivity index (χ0n) is 14.1. The second-order valence-corrected chi connectivity index (χ2v) is 6.55. The van der Waals surface area contributed by atoms with Gasteiger partial charge in [-0.25, -0.2) is 18.4 Å². The van der Waals surface area contributed by atoms with E-state index in [1.807, 2.05) is 0 Å². The third-order valence-corrected chi connectivity index (χ3v) is 3.21. The lowest BCUT2D eigenvalue weighted by atomic mass is 10.1. The largest absolute Gasteiger partial charge is 0.463 e. The fourth-order valence-corrected chi connectivity index (χ4v) is 2.35. The van der Waals surface area contributed by atoms with E-state index in [2.05, 4.69) is 0 Å². The van der Waals surface area contributed by atoms with Crippen molar-refractivity contribution in [2.45, 2.75) is 64.5 Å². The number of hydrogen-bond acceptors (Lipinski definition) is 4. The number of allylic oxidation sites excluding steroid dienone is 1. The Morgan fingerprint density at radius 2 is 2.00 bits per heavy atom. The molecule has 1 heterocycles. The monoisotopic (exact) mass is 333 g/mol. The second kappa shape index (κ2) is 7.75. The summed E-state index contributed by atoms with van der Waals surface area (Å²) in [4.78, 5) is 24.3. The fraction of sp³-hybridized carbons (Fsp3) is 0.750. The summed E-state index contributed by atoms with van der Waals surface area (Å²) in [5, 5.41) is 0. The average molecular weight is 333 g/mol. The molecule has 1 aliphatic heterocycles. The van der Waals surface area contributed by atoms with E-state index < -0.39 is 36.2 Å². The first kappa shape index (κ1) is 19.4. The van der Waals surface area contributed by atoms with Crippen LogP contribution < -0.4 is 0 Å². The van der Waals surface area contributed by atoms with Crippen molar-refractivity contribution in [3.05, 3.63) is 12.2 Å². The lowest BCUT2D eigenvalue weighted by Crippen LogP contribution is -2.40. The minimum atomic E-state index is -2.91. The van der Waals surface area contributed by atoms with E-state index in [4.69, 9.17) is 9.47 Å². The lowest BCUT2D eigenvalue weighted by Gasteiger charge is -2.28. The van der Waals surface area contributed by atoms with Gasteiger partial charge in [-0.15, -0.1) is 0 Å². The Hall–Kier alpha value is -1.66. The standard InChI is InChI=1S/C16H25F2NO4/c1-5-22-13(20)9-7-6-8-12-10-16(17,18)11-19(12)14(21)23-15(2,3)4/h7,9,12H,5-6,8,10-11H2,1-4H3/b9-7+/t12-/m1/s1. The van der Waals surface area contributed by atoms with Crippen LogP contribution in [0.15, 0.2) is 12.2 Å². The van der Waals surface area contributed by atoms with Crippen LogP contribution in [0.2, 0.25) is 0 Å². The van der Waals surface area contributed by atoms with Gasteiger partial charge in [-0.05, 0) is 40.5 Å². The maximum Gasteiger partial charge on any atom is 0.410 e. The zero-order chi connectivity index (χ0) is 17.7. The summed E-state index contributed by atoms with van der Waals surface area (Å²) in [5.74, 6) is -3.37. The van der Waals surface area contributed by atoms with E-state index in [1.165, 1.54) is 6.08 Å². The molecule has 0 saturated carbocycles. The smallest absolute Gasteiger partial charge is 0.410 e. The van der Waals surface area contributed by atoms with Crippen molar-refractivity contribution in [2.75, 3.05) is 13.2 Å². The number of rotatable bonds is 5. The number of esters is 1. The molecular weight excluding hydrogens is 308 g/mol. The molecule has 0 N–H and O–H groups in total. The van der Waals surface area contributed by atoms with Gasteiger partial charge in [0.2, 0.25) is 0 Å². The van der Waals surface area contributed by atoms with E-state index in [-0.39, 0.29) is 13.0 Å². The van der Waals surface area contributed by atoms with Crippen LogP contribution in [0.5, 0.6) is 0 Å². The van der Waals surface area contributed by atoms with Crippen LogP contribution in [0.1, 0.15) is 47.0 Å². The Labute approximate surface area is 135 Å². The molecular formula is C16H25F2NO4. The third-order valence-electron chi connectivity index (χ3n) is 3.21. The molecule has 7 heteroatoms. The van der Waals surface area contributed by atoms with Gasteiger partial charge in [-0.2, -0.15) is 0 Å². The Kier molecular flexibility index (Phi) is 6.53. The van der Waals surface area contributed by atoms with Crippen molar-refractivity contribution >= 4 is 12.1 Å². The molecule has 1 saturated heterocycles. The molecule has 1 fully saturated rings. The quantitative estimate of drug-likeness (QED) is 0.570. The molecule has 0 aromatic carbocycles. The summed E-state index contributed by atoms with van der Waals surface area (Å²) in [5.41, 5.74) is -0.733. The predicted molar refractivity (Wildman–Crippen MR) is 81.3 cm³/mol. The van der Waals surface area contributed by atoms with Gasteiger partial charge in [-0.1, -0.05) is 6.08 Å². The van der Waals surface area contributed by atoms with E-state index in [1.54, 1.807) is 33.8 Å². The molecule has 0 spiro atoms. The van der Waals surface area contributed by atoms with Crippen LogP contribution >= 0.6 is 0 Å². The molecule has 0 aromatic heterocycles. The number of hydrogen-bond donors (Lipinski definition) is 0. The van der Waals surface area contributed by atoms with Crippen LogP contribution in [0.25, 0.3) is 0 Å². The van der Waals surface area contributed by atoms with Crippen molar-refractivity contribution in [3.63, 3.8) is 0 Å². The van der Waals surface area contributed by atoms with Crippen LogP contribution in [0.3, 0.4) is 0 Å². The van der Waals surface area contributed by atoms with Gasteiger partial charge in [0.1, 0.15) is 5.60 Å². The highest BCUT2D eigenvalue weighted by Gasteiger charge is 2.47. The van der Waals surface area contributed by atoms with Gasteiger partial charge in [-0.3, -0.25) is 4.90 Å². The van der Waals surface area contributed by atoms with E-state index in [0.717, 1.165) is 4.90 Å². The summed E-state index contributed by atoms with van der Waals surface area (Å²) in [6.07, 6.45) is 2.47. The summed E-state index contributed by atoms with van der Waals surface area (Å²) in [6, 6.07) is -0.605. The first-order chi connectivity index (χ1) is 10.5. The Balaban J connectivity index is 2.60. The number of carbonyl (C=O) groups excluding carboxylic acids is 2. The van der Waals surface area contributed by atoms with E-state index >= 15 is 0 Å². The van der Waals surface area contributed by atoms with Crippen LogP contribution in [0.4, 0.5) is 13.6 Å². The minimum Gasteiger partial charge on any atom is -0.463 e. The van der Waals surface area contributed by atoms with Crippen LogP contribution in [-0.2, 0) is 14.3 Å². The van der Waals surface area contributed by atoms with Crippen molar-refractivity contribution in [3.8, 4) is 0 Å². The fourth-order valence-electron chi connectivity index (χ4n) is 2.35. The maximum atomic E-state index is 13.6. The maximum absolute atomic E-state index is 13.6. The number of ether oxygens (including phenoxy) is 2. The Morgan fingerprint density at radius 3 is 2.57 bits per heavy atom. The Bertz CT molecular complexity index is 457. The molecule has 0 aliphatic carbocycles. The number of halogens is 2. The number of carbonyl (C=O) groups is 2. The second-order valence-electron chi connectivity index (χ2n) is 6.55. The minimum absolute atomic E-state index is 0.282. The number of nitrogens with zero attached hydrogens (tertiary/aromatic N) is 1. The number of likely N-dealkylation sites (tertiary alicyclic amines) is 1. The SMILES string of the molecule is CCOC(=O)/C=C/CC[C@@H]1CC(F)(F)CN1C(=O)OC(C)(C)C. The highest BCUT2D eigenvalue weighted by Crippen LogP contribution is 2.35. The van der Waals surface area contributed by atoms with Crippen molar-refractivity contribution in [1.29, 1.82) is 0 Å². The first-order valence-electron chi connectivity index (χ1n) is 7.75. The van der Waals surface area contributed by atoms with Crippen LogP contribution in [0, 0.1) is 0 Å². The molecule has 23 heavy (non-hydrogen) atoms. The molecule has 1 aliphatic rings. The zero-order valence-corrected chi connectivity index (χ0v) is 14.1. The molecule has 1 amide bonds. The van der Waals surface area contributed by atoms with Crippen molar-refractivity contribution in [1.82, 2.24) is 4.90 Å². The summed E-state index contributed by atoms with van der Waals surface area (Å²) >= 11 is 0. The summed E-state index contributed by atoms with van der Waals surface area (Å²) in [7, 11) is 0. The molecule has 0 aromatic rings. The lowest BCUT2D eigenvalue weighted by molar-refractivity contribution is -0.137. The van der Waals surface area contributed by atoms with Gasteiger partial charge in [0.15, 0.2) is 0 Å². The van der Waals surface area contributed by atoms with Gasteiger partial charge >= 0.3 is 12.1 Å². The van der Waals surface area contributed by atoms with Gasteiger partial charge in [0, 0.05) is 18.5 Å². The average Bonchev–Trinajstić information content (AvgIpc) is 2.68. The number of alkyl halides is 2. The molecule has 1 rings (SSSR count). The summed E-state index contributed by atoms with van der Waals surface area (Å²) < 4.78 is 37.2. The van der Waals surface area contributed by atoms with Gasteiger partial charge in [0.25, 0.3) is 5.92 Å². The van der Waals surface area contributed by atoms with Crippen molar-refractivity contribution in [2.24, 2.45) is 0 Å². The predicted octanol–water partition coefficient (Wildman–Crippen LogP) is 3.53. The summed E-state index contributed by atoms with van der Waals surface area (Å²) in [6.45, 7) is 6.42. The van der Waals surface area contributed by atoms with E-state index in [0.29, 0.717) is 12.8 Å². The van der Waals surface area contributed by atoms with Crippen molar-refractivity contribution < 1.29 is 27.8 Å². The third kappa shape index (κ3) is 6.97. The molecule has 1 atom stereocenters.